The first-order valence-corrected chi connectivity index (χ1v) is 9.71. The van der Waals surface area contributed by atoms with Gasteiger partial charge in [-0.05, 0) is 50.5 Å². The number of likely N-dealkylation sites (N-methyl/N-ethyl adjacent to an activating group) is 1. The van der Waals surface area contributed by atoms with Crippen LogP contribution in [0.25, 0.3) is 10.6 Å². The largest absolute Gasteiger partial charge is 0.461 e. The third kappa shape index (κ3) is 3.49. The van der Waals surface area contributed by atoms with Gasteiger partial charge in [0.2, 0.25) is 0 Å². The third-order valence-electron chi connectivity index (χ3n) is 5.25. The Kier molecular flexibility index (Phi) is 4.62. The topological polar surface area (TPSA) is 70.2 Å². The predicted molar refractivity (Wildman–Crippen MR) is 97.3 cm³/mol. The fourth-order valence-corrected chi connectivity index (χ4v) is 4.63. The van der Waals surface area contributed by atoms with Gasteiger partial charge in [0, 0.05) is 25.2 Å². The highest BCUT2D eigenvalue weighted by Gasteiger charge is 2.49. The maximum absolute atomic E-state index is 12.4. The summed E-state index contributed by atoms with van der Waals surface area (Å²) in [6.07, 6.45) is 2.64. The van der Waals surface area contributed by atoms with Gasteiger partial charge in [0.05, 0.1) is 10.3 Å². The number of nitrogens with zero attached hydrogens (tertiary/aromatic N) is 2. The van der Waals surface area contributed by atoms with E-state index in [4.69, 9.17) is 4.74 Å². The number of esters is 1. The summed E-state index contributed by atoms with van der Waals surface area (Å²) in [7, 11) is 2.06. The molecule has 0 aromatic carbocycles. The molecule has 1 unspecified atom stereocenters. The number of carbonyl (C=O) groups excluding carboxylic acids is 1. The van der Waals surface area contributed by atoms with Crippen LogP contribution in [0.4, 0.5) is 0 Å². The molecule has 6 nitrogen and oxygen atoms in total. The average molecular weight is 360 g/mol. The summed E-state index contributed by atoms with van der Waals surface area (Å²) >= 11 is 1.69. The van der Waals surface area contributed by atoms with Crippen LogP contribution in [-0.4, -0.2) is 53.9 Å². The lowest BCUT2D eigenvalue weighted by Crippen LogP contribution is -2.39. The Labute approximate surface area is 151 Å². The van der Waals surface area contributed by atoms with Gasteiger partial charge < -0.3 is 10.1 Å². The van der Waals surface area contributed by atoms with Crippen molar-refractivity contribution in [3.63, 3.8) is 0 Å². The molecular weight excluding hydrogens is 336 g/mol. The first kappa shape index (κ1) is 16.8. The summed E-state index contributed by atoms with van der Waals surface area (Å²) in [5.41, 5.74) is 1.82. The summed E-state index contributed by atoms with van der Waals surface area (Å²) in [5, 5.41) is 12.9. The van der Waals surface area contributed by atoms with Crippen molar-refractivity contribution in [2.75, 3.05) is 26.7 Å². The zero-order valence-electron chi connectivity index (χ0n) is 14.5. The highest BCUT2D eigenvalue weighted by Crippen LogP contribution is 2.41. The minimum absolute atomic E-state index is 0.00436. The number of nitrogens with one attached hydrogen (secondary N) is 2. The van der Waals surface area contributed by atoms with Crippen LogP contribution < -0.4 is 5.32 Å². The lowest BCUT2D eigenvalue weighted by atomic mass is 9.76. The second kappa shape index (κ2) is 6.90. The normalized spacial score (nSPS) is 22.6. The van der Waals surface area contributed by atoms with Gasteiger partial charge >= 0.3 is 5.97 Å². The van der Waals surface area contributed by atoms with E-state index >= 15 is 0 Å². The molecule has 0 radical (unpaired) electrons. The van der Waals surface area contributed by atoms with Gasteiger partial charge in [0.25, 0.3) is 0 Å². The SMILES string of the molecule is CN(Cc1cc(-c2cccs2)n[nH]1)CC1CC2(CCNCC2)C(=O)O1. The van der Waals surface area contributed by atoms with Crippen LogP contribution in [0.2, 0.25) is 0 Å². The molecule has 134 valence electrons. The van der Waals surface area contributed by atoms with Gasteiger partial charge in [-0.1, -0.05) is 6.07 Å². The van der Waals surface area contributed by atoms with Gasteiger partial charge in [-0.25, -0.2) is 0 Å². The molecule has 2 aromatic heterocycles. The Morgan fingerprint density at radius 3 is 3.04 bits per heavy atom. The number of aromatic nitrogens is 2. The van der Waals surface area contributed by atoms with Crippen LogP contribution in [-0.2, 0) is 16.1 Å². The van der Waals surface area contributed by atoms with Crippen molar-refractivity contribution in [1.82, 2.24) is 20.4 Å². The summed E-state index contributed by atoms with van der Waals surface area (Å²) < 4.78 is 5.69. The second-order valence-corrected chi connectivity index (χ2v) is 8.16. The minimum atomic E-state index is -0.239. The van der Waals surface area contributed by atoms with Gasteiger partial charge in [-0.2, -0.15) is 5.10 Å². The average Bonchev–Trinajstić information content (AvgIpc) is 3.30. The molecule has 2 N–H and O–H groups in total. The number of hydrogen-bond donors (Lipinski definition) is 2. The summed E-state index contributed by atoms with van der Waals surface area (Å²) in [6.45, 7) is 3.35. The monoisotopic (exact) mass is 360 g/mol. The van der Waals surface area contributed by atoms with Crippen molar-refractivity contribution in [2.45, 2.75) is 31.9 Å². The maximum Gasteiger partial charge on any atom is 0.312 e. The van der Waals surface area contributed by atoms with Crippen LogP contribution >= 0.6 is 11.3 Å². The molecule has 7 heteroatoms. The van der Waals surface area contributed by atoms with Crippen molar-refractivity contribution in [3.8, 4) is 10.6 Å². The number of thiophene rings is 1. The standard InChI is InChI=1S/C18H24N4O2S/c1-22(11-13-9-15(21-20-13)16-3-2-8-25-16)12-14-10-18(17(23)24-14)4-6-19-7-5-18/h2-3,8-9,14,19H,4-7,10-12H2,1H3,(H,20,21). The molecule has 2 aromatic rings. The summed E-state index contributed by atoms with van der Waals surface area (Å²) in [4.78, 5) is 15.7. The Morgan fingerprint density at radius 2 is 2.28 bits per heavy atom. The molecule has 0 aliphatic carbocycles. The molecule has 4 rings (SSSR count). The first-order valence-electron chi connectivity index (χ1n) is 8.83. The fourth-order valence-electron chi connectivity index (χ4n) is 3.95. The van der Waals surface area contributed by atoms with E-state index in [1.54, 1.807) is 11.3 Å². The second-order valence-electron chi connectivity index (χ2n) is 7.21. The minimum Gasteiger partial charge on any atom is -0.461 e. The smallest absolute Gasteiger partial charge is 0.312 e. The Bertz CT molecular complexity index is 721. The number of carbonyl (C=O) groups is 1. The Morgan fingerprint density at radius 1 is 1.44 bits per heavy atom. The number of hydrogen-bond acceptors (Lipinski definition) is 6. The van der Waals surface area contributed by atoms with Crippen LogP contribution in [0.1, 0.15) is 25.0 Å². The molecule has 1 spiro atoms. The van der Waals surface area contributed by atoms with Crippen molar-refractivity contribution in [2.24, 2.45) is 5.41 Å². The van der Waals surface area contributed by atoms with E-state index < -0.39 is 0 Å². The van der Waals surface area contributed by atoms with E-state index in [2.05, 4.69) is 45.0 Å². The lowest BCUT2D eigenvalue weighted by Gasteiger charge is -2.29. The van der Waals surface area contributed by atoms with Gasteiger partial charge in [-0.15, -0.1) is 11.3 Å². The zero-order valence-corrected chi connectivity index (χ0v) is 15.3. The molecule has 2 aliphatic rings. The number of ether oxygens (including phenoxy) is 1. The molecule has 0 amide bonds. The Hall–Kier alpha value is -1.70. The van der Waals surface area contributed by atoms with Crippen LogP contribution in [0, 0.1) is 5.41 Å². The highest BCUT2D eigenvalue weighted by atomic mass is 32.1. The fraction of sp³-hybridized carbons (Fsp3) is 0.556. The van der Waals surface area contributed by atoms with Crippen molar-refractivity contribution >= 4 is 17.3 Å². The molecule has 2 aliphatic heterocycles. The quantitative estimate of drug-likeness (QED) is 0.801. The van der Waals surface area contributed by atoms with E-state index in [0.29, 0.717) is 0 Å². The molecule has 2 fully saturated rings. The van der Waals surface area contributed by atoms with E-state index in [9.17, 15) is 4.79 Å². The zero-order chi connectivity index (χ0) is 17.3. The van der Waals surface area contributed by atoms with Gasteiger partial charge in [-0.3, -0.25) is 14.8 Å². The van der Waals surface area contributed by atoms with Gasteiger partial charge in [0.15, 0.2) is 0 Å². The van der Waals surface area contributed by atoms with E-state index in [1.807, 2.05) is 6.07 Å². The number of rotatable bonds is 5. The summed E-state index contributed by atoms with van der Waals surface area (Å²) in [6, 6.07) is 6.20. The first-order chi connectivity index (χ1) is 12.1. The molecular formula is C18H24N4O2S. The number of cyclic esters (lactones) is 1. The summed E-state index contributed by atoms with van der Waals surface area (Å²) in [5.74, 6) is 0.00826. The molecule has 25 heavy (non-hydrogen) atoms. The van der Waals surface area contributed by atoms with Crippen molar-refractivity contribution in [3.05, 3.63) is 29.3 Å². The van der Waals surface area contributed by atoms with Crippen LogP contribution in [0.5, 0.6) is 0 Å². The predicted octanol–water partition coefficient (Wildman–Crippen LogP) is 2.26. The van der Waals surface area contributed by atoms with Gasteiger partial charge in [0.1, 0.15) is 11.8 Å². The van der Waals surface area contributed by atoms with Crippen molar-refractivity contribution in [1.29, 1.82) is 0 Å². The maximum atomic E-state index is 12.4. The molecule has 1 atom stereocenters. The number of piperidine rings is 1. The van der Waals surface area contributed by atoms with Crippen LogP contribution in [0.15, 0.2) is 23.6 Å². The number of aromatic amines is 1. The third-order valence-corrected chi connectivity index (χ3v) is 6.14. The van der Waals surface area contributed by atoms with Crippen LogP contribution in [0.3, 0.4) is 0 Å². The molecule has 4 heterocycles. The molecule has 0 bridgehead atoms. The Balaban J connectivity index is 1.33. The highest BCUT2D eigenvalue weighted by molar-refractivity contribution is 7.13. The van der Waals surface area contributed by atoms with E-state index in [1.165, 1.54) is 4.88 Å². The molecule has 0 saturated carbocycles. The lowest BCUT2D eigenvalue weighted by molar-refractivity contribution is -0.150. The van der Waals surface area contributed by atoms with E-state index in [-0.39, 0.29) is 17.5 Å². The van der Waals surface area contributed by atoms with Crippen molar-refractivity contribution < 1.29 is 9.53 Å². The molecule has 2 saturated heterocycles. The van der Waals surface area contributed by atoms with E-state index in [0.717, 1.165) is 56.8 Å². The number of H-pyrrole nitrogens is 1.